The summed E-state index contributed by atoms with van der Waals surface area (Å²) < 4.78 is 5.62. The van der Waals surface area contributed by atoms with Gasteiger partial charge in [-0.15, -0.1) is 0 Å². The number of hydrogen-bond acceptors (Lipinski definition) is 3. The number of aromatic nitrogens is 1. The van der Waals surface area contributed by atoms with Crippen molar-refractivity contribution >= 4 is 28.8 Å². The maximum atomic E-state index is 5.89. The van der Waals surface area contributed by atoms with E-state index < -0.39 is 0 Å². The Morgan fingerprint density at radius 3 is 2.89 bits per heavy atom. The number of benzene rings is 1. The average molecular weight is 279 g/mol. The molecule has 2 aromatic rings. The molecule has 3 nitrogen and oxygen atoms in total. The number of thiocarbonyl (C=S) groups is 1. The van der Waals surface area contributed by atoms with Crippen LogP contribution in [-0.2, 0) is 6.61 Å². The first-order valence-electron chi connectivity index (χ1n) is 5.28. The van der Waals surface area contributed by atoms with Gasteiger partial charge in [-0.2, -0.15) is 0 Å². The van der Waals surface area contributed by atoms with E-state index in [2.05, 4.69) is 4.98 Å². The Bertz CT molecular complexity index is 574. The van der Waals surface area contributed by atoms with Crippen LogP contribution in [-0.4, -0.2) is 9.97 Å². The monoisotopic (exact) mass is 278 g/mol. The summed E-state index contributed by atoms with van der Waals surface area (Å²) in [4.78, 5) is 4.29. The Kier molecular flexibility index (Phi) is 4.12. The van der Waals surface area contributed by atoms with E-state index in [0.717, 1.165) is 5.56 Å². The van der Waals surface area contributed by atoms with Gasteiger partial charge in [-0.25, -0.2) is 0 Å². The van der Waals surface area contributed by atoms with Crippen LogP contribution >= 0.6 is 23.8 Å². The van der Waals surface area contributed by atoms with Crippen LogP contribution in [0, 0.1) is 0 Å². The normalized spacial score (nSPS) is 10.1. The molecule has 0 fully saturated rings. The van der Waals surface area contributed by atoms with Crippen LogP contribution in [0.2, 0.25) is 5.02 Å². The molecule has 2 N–H and O–H groups in total. The van der Waals surface area contributed by atoms with Crippen LogP contribution in [0.4, 0.5) is 0 Å². The maximum absolute atomic E-state index is 5.89. The van der Waals surface area contributed by atoms with Gasteiger partial charge in [0.05, 0.1) is 0 Å². The van der Waals surface area contributed by atoms with Gasteiger partial charge >= 0.3 is 0 Å². The van der Waals surface area contributed by atoms with Crippen molar-refractivity contribution in [1.29, 1.82) is 0 Å². The highest BCUT2D eigenvalue weighted by atomic mass is 35.5. The first-order chi connectivity index (χ1) is 8.65. The lowest BCUT2D eigenvalue weighted by atomic mass is 10.2. The Morgan fingerprint density at radius 2 is 2.17 bits per heavy atom. The first kappa shape index (κ1) is 12.8. The van der Waals surface area contributed by atoms with Gasteiger partial charge in [0.25, 0.3) is 0 Å². The van der Waals surface area contributed by atoms with Gasteiger partial charge in [-0.3, -0.25) is 4.98 Å². The molecule has 0 bridgehead atoms. The fraction of sp³-hybridized carbons (Fsp3) is 0.0769. The van der Waals surface area contributed by atoms with Crippen molar-refractivity contribution in [3.05, 3.63) is 58.9 Å². The van der Waals surface area contributed by atoms with Crippen molar-refractivity contribution in [3.63, 3.8) is 0 Å². The molecule has 0 spiro atoms. The maximum Gasteiger partial charge on any atom is 0.123 e. The molecule has 0 atom stereocenters. The van der Waals surface area contributed by atoms with E-state index in [1.165, 1.54) is 0 Å². The summed E-state index contributed by atoms with van der Waals surface area (Å²) in [6.07, 6.45) is 1.61. The van der Waals surface area contributed by atoms with Gasteiger partial charge < -0.3 is 10.5 Å². The molecule has 0 aliphatic carbocycles. The van der Waals surface area contributed by atoms with E-state index in [1.54, 1.807) is 18.3 Å². The average Bonchev–Trinajstić information content (AvgIpc) is 2.37. The number of rotatable bonds is 4. The third kappa shape index (κ3) is 3.42. The Balaban J connectivity index is 2.06. The smallest absolute Gasteiger partial charge is 0.123 e. The van der Waals surface area contributed by atoms with Crippen molar-refractivity contribution in [3.8, 4) is 5.75 Å². The Hall–Kier alpha value is -1.65. The van der Waals surface area contributed by atoms with Crippen molar-refractivity contribution < 1.29 is 4.74 Å². The molecule has 0 amide bonds. The minimum Gasteiger partial charge on any atom is -0.489 e. The SMILES string of the molecule is NC(=S)c1cc(OCc2cccc(Cl)c2)ccn1. The minimum absolute atomic E-state index is 0.253. The molecule has 92 valence electrons. The predicted molar refractivity (Wildman–Crippen MR) is 75.9 cm³/mol. The first-order valence-corrected chi connectivity index (χ1v) is 6.07. The van der Waals surface area contributed by atoms with Crippen LogP contribution in [0.3, 0.4) is 0 Å². The number of ether oxygens (including phenoxy) is 1. The standard InChI is InChI=1S/C13H11ClN2OS/c14-10-3-1-2-9(6-10)8-17-11-4-5-16-12(7-11)13(15)18/h1-7H,8H2,(H2,15,18). The Labute approximate surface area is 116 Å². The van der Waals surface area contributed by atoms with Gasteiger partial charge in [0.1, 0.15) is 23.0 Å². The number of hydrogen-bond donors (Lipinski definition) is 1. The number of nitrogens with two attached hydrogens (primary N) is 1. The lowest BCUT2D eigenvalue weighted by Crippen LogP contribution is -2.11. The summed E-state index contributed by atoms with van der Waals surface area (Å²) in [5, 5.41) is 0.689. The van der Waals surface area contributed by atoms with E-state index in [4.69, 9.17) is 34.3 Å². The topological polar surface area (TPSA) is 48.1 Å². The lowest BCUT2D eigenvalue weighted by Gasteiger charge is -2.07. The number of pyridine rings is 1. The third-order valence-electron chi connectivity index (χ3n) is 2.28. The zero-order valence-corrected chi connectivity index (χ0v) is 11.0. The van der Waals surface area contributed by atoms with Crippen molar-refractivity contribution in [1.82, 2.24) is 4.98 Å². The van der Waals surface area contributed by atoms with E-state index in [9.17, 15) is 0 Å². The highest BCUT2D eigenvalue weighted by Gasteiger charge is 2.01. The zero-order chi connectivity index (χ0) is 13.0. The van der Waals surface area contributed by atoms with Crippen LogP contribution in [0.1, 0.15) is 11.3 Å². The highest BCUT2D eigenvalue weighted by Crippen LogP contribution is 2.15. The summed E-state index contributed by atoms with van der Waals surface area (Å²) in [5.41, 5.74) is 7.05. The fourth-order valence-corrected chi connectivity index (χ4v) is 1.75. The third-order valence-corrected chi connectivity index (χ3v) is 2.72. The van der Waals surface area contributed by atoms with Gasteiger partial charge in [0, 0.05) is 17.3 Å². The van der Waals surface area contributed by atoms with E-state index in [0.29, 0.717) is 23.1 Å². The number of halogens is 1. The molecule has 18 heavy (non-hydrogen) atoms. The molecule has 0 saturated carbocycles. The van der Waals surface area contributed by atoms with Crippen molar-refractivity contribution in [2.75, 3.05) is 0 Å². The lowest BCUT2D eigenvalue weighted by molar-refractivity contribution is 0.306. The molecule has 1 heterocycles. The predicted octanol–water partition coefficient (Wildman–Crippen LogP) is 2.95. The van der Waals surface area contributed by atoms with E-state index in [-0.39, 0.29) is 4.99 Å². The molecule has 0 radical (unpaired) electrons. The molecular weight excluding hydrogens is 268 g/mol. The minimum atomic E-state index is 0.253. The molecule has 1 aromatic carbocycles. The molecular formula is C13H11ClN2OS. The summed E-state index contributed by atoms with van der Waals surface area (Å²) in [6, 6.07) is 11.0. The quantitative estimate of drug-likeness (QED) is 0.874. The van der Waals surface area contributed by atoms with Crippen LogP contribution < -0.4 is 10.5 Å². The second-order valence-electron chi connectivity index (χ2n) is 3.66. The molecule has 0 unspecified atom stereocenters. The highest BCUT2D eigenvalue weighted by molar-refractivity contribution is 7.80. The zero-order valence-electron chi connectivity index (χ0n) is 9.47. The van der Waals surface area contributed by atoms with Crippen LogP contribution in [0.25, 0.3) is 0 Å². The summed E-state index contributed by atoms with van der Waals surface area (Å²) in [5.74, 6) is 0.674. The molecule has 1 aromatic heterocycles. The molecule has 0 saturated heterocycles. The van der Waals surface area contributed by atoms with Crippen LogP contribution in [0.5, 0.6) is 5.75 Å². The van der Waals surface area contributed by atoms with E-state index >= 15 is 0 Å². The van der Waals surface area contributed by atoms with Crippen LogP contribution in [0.15, 0.2) is 42.6 Å². The molecule has 2 rings (SSSR count). The van der Waals surface area contributed by atoms with Crippen molar-refractivity contribution in [2.45, 2.75) is 6.61 Å². The van der Waals surface area contributed by atoms with E-state index in [1.807, 2.05) is 24.3 Å². The van der Waals surface area contributed by atoms with Gasteiger partial charge in [-0.1, -0.05) is 36.0 Å². The second-order valence-corrected chi connectivity index (χ2v) is 4.54. The van der Waals surface area contributed by atoms with Gasteiger partial charge in [0.15, 0.2) is 0 Å². The second kappa shape index (κ2) is 5.80. The van der Waals surface area contributed by atoms with Gasteiger partial charge in [-0.05, 0) is 23.8 Å². The number of nitrogens with zero attached hydrogens (tertiary/aromatic N) is 1. The Morgan fingerprint density at radius 1 is 1.33 bits per heavy atom. The summed E-state index contributed by atoms with van der Waals surface area (Å²) in [6.45, 7) is 0.432. The molecule has 5 heteroatoms. The molecule has 0 aliphatic rings. The summed E-state index contributed by atoms with van der Waals surface area (Å²) >= 11 is 10.8. The summed E-state index contributed by atoms with van der Waals surface area (Å²) in [7, 11) is 0. The molecule has 0 aliphatic heterocycles. The van der Waals surface area contributed by atoms with Gasteiger partial charge in [0.2, 0.25) is 0 Å². The van der Waals surface area contributed by atoms with Crippen molar-refractivity contribution in [2.24, 2.45) is 5.73 Å². The largest absolute Gasteiger partial charge is 0.489 e. The fourth-order valence-electron chi connectivity index (χ4n) is 1.43.